The van der Waals surface area contributed by atoms with Gasteiger partial charge in [-0.2, -0.15) is 0 Å². The molecule has 0 saturated heterocycles. The van der Waals surface area contributed by atoms with E-state index in [2.05, 4.69) is 12.1 Å². The van der Waals surface area contributed by atoms with Gasteiger partial charge in [0.05, 0.1) is 6.54 Å². The van der Waals surface area contributed by atoms with Crippen molar-refractivity contribution in [1.29, 1.82) is 0 Å². The van der Waals surface area contributed by atoms with E-state index in [9.17, 15) is 4.79 Å². The molecule has 106 valence electrons. The number of furan rings is 1. The molecule has 5 nitrogen and oxygen atoms in total. The summed E-state index contributed by atoms with van der Waals surface area (Å²) >= 11 is 0. The number of nitrogens with zero attached hydrogens (tertiary/aromatic N) is 2. The minimum Gasteiger partial charge on any atom is -0.464 e. The quantitative estimate of drug-likeness (QED) is 0.860. The summed E-state index contributed by atoms with van der Waals surface area (Å²) in [6, 6.07) is 5.60. The maximum absolute atomic E-state index is 12.1. The Morgan fingerprint density at radius 2 is 2.25 bits per heavy atom. The van der Waals surface area contributed by atoms with Gasteiger partial charge in [0, 0.05) is 19.0 Å². The first-order valence-electron chi connectivity index (χ1n) is 6.82. The Morgan fingerprint density at radius 3 is 2.85 bits per heavy atom. The fraction of sp³-hybridized carbons (Fsp3) is 0.467. The molecule has 5 heteroatoms. The number of carbonyl (C=O) groups excluding carboxylic acids is 1. The largest absolute Gasteiger partial charge is 0.464 e. The normalized spacial score (nSPS) is 20.9. The van der Waals surface area contributed by atoms with E-state index >= 15 is 0 Å². The van der Waals surface area contributed by atoms with Crippen molar-refractivity contribution < 1.29 is 13.7 Å². The van der Waals surface area contributed by atoms with Crippen molar-refractivity contribution in [2.45, 2.75) is 32.7 Å². The molecule has 2 heterocycles. The van der Waals surface area contributed by atoms with Gasteiger partial charge in [0.1, 0.15) is 17.3 Å². The summed E-state index contributed by atoms with van der Waals surface area (Å²) in [6.07, 6.45) is 1.19. The second kappa shape index (κ2) is 4.81. The first-order valence-corrected chi connectivity index (χ1v) is 6.82. The molecular weight excluding hydrogens is 256 g/mol. The average Bonchev–Trinajstić information content (AvgIpc) is 2.80. The molecule has 1 aliphatic carbocycles. The van der Waals surface area contributed by atoms with Gasteiger partial charge in [-0.3, -0.25) is 4.79 Å². The molecule has 2 aromatic heterocycles. The molecule has 2 aromatic rings. The smallest absolute Gasteiger partial charge is 0.276 e. The molecule has 3 rings (SSSR count). The third-order valence-electron chi connectivity index (χ3n) is 3.74. The van der Waals surface area contributed by atoms with Crippen molar-refractivity contribution in [1.82, 2.24) is 10.1 Å². The van der Waals surface area contributed by atoms with Crippen molar-refractivity contribution in [3.8, 4) is 0 Å². The standard InChI is InChI=1S/C15H18N2O3/c1-9-6-12(9)14-5-4-11(19-14)8-17(3)15(18)13-7-10(2)20-16-13/h4-5,7,9,12H,6,8H2,1-3H3/t9-,12+/m1/s1. The second-order valence-electron chi connectivity index (χ2n) is 5.61. The predicted octanol–water partition coefficient (Wildman–Crippen LogP) is 2.97. The van der Waals surface area contributed by atoms with Crippen LogP contribution in [0.4, 0.5) is 0 Å². The van der Waals surface area contributed by atoms with Crippen LogP contribution in [0.5, 0.6) is 0 Å². The molecule has 1 aliphatic rings. The number of amides is 1. The summed E-state index contributed by atoms with van der Waals surface area (Å²) in [6.45, 7) is 4.42. The summed E-state index contributed by atoms with van der Waals surface area (Å²) < 4.78 is 10.7. The van der Waals surface area contributed by atoms with Crippen LogP contribution in [0.25, 0.3) is 0 Å². The summed E-state index contributed by atoms with van der Waals surface area (Å²) in [4.78, 5) is 13.7. The minimum atomic E-state index is -0.167. The Labute approximate surface area is 117 Å². The van der Waals surface area contributed by atoms with Gasteiger partial charge in [-0.25, -0.2) is 0 Å². The molecule has 0 radical (unpaired) electrons. The highest BCUT2D eigenvalue weighted by atomic mass is 16.5. The molecule has 0 aliphatic heterocycles. The maximum Gasteiger partial charge on any atom is 0.276 e. The number of hydrogen-bond donors (Lipinski definition) is 0. The van der Waals surface area contributed by atoms with Crippen molar-refractivity contribution in [3.63, 3.8) is 0 Å². The third kappa shape index (κ3) is 2.48. The summed E-state index contributed by atoms with van der Waals surface area (Å²) in [5, 5.41) is 3.73. The number of rotatable bonds is 4. The second-order valence-corrected chi connectivity index (χ2v) is 5.61. The van der Waals surface area contributed by atoms with Crippen molar-refractivity contribution in [2.75, 3.05) is 7.05 Å². The van der Waals surface area contributed by atoms with Crippen LogP contribution in [0, 0.1) is 12.8 Å². The lowest BCUT2D eigenvalue weighted by atomic mass is 10.3. The zero-order chi connectivity index (χ0) is 14.3. The molecule has 1 amide bonds. The first-order chi connectivity index (χ1) is 9.54. The lowest BCUT2D eigenvalue weighted by Gasteiger charge is -2.13. The van der Waals surface area contributed by atoms with Crippen LogP contribution in [0.15, 0.2) is 27.1 Å². The average molecular weight is 274 g/mol. The molecule has 2 atom stereocenters. The Hall–Kier alpha value is -2.04. The number of aryl methyl sites for hydroxylation is 1. The Kier molecular flexibility index (Phi) is 3.12. The molecule has 0 unspecified atom stereocenters. The monoisotopic (exact) mass is 274 g/mol. The fourth-order valence-electron chi connectivity index (χ4n) is 2.37. The van der Waals surface area contributed by atoms with Crippen LogP contribution in [0.1, 0.15) is 47.0 Å². The Bertz CT molecular complexity index is 629. The maximum atomic E-state index is 12.1. The van der Waals surface area contributed by atoms with Crippen molar-refractivity contribution in [2.24, 2.45) is 5.92 Å². The lowest BCUT2D eigenvalue weighted by Crippen LogP contribution is -2.26. The van der Waals surface area contributed by atoms with Gasteiger partial charge in [-0.05, 0) is 31.4 Å². The Balaban J connectivity index is 1.65. The van der Waals surface area contributed by atoms with E-state index in [4.69, 9.17) is 8.94 Å². The van der Waals surface area contributed by atoms with E-state index < -0.39 is 0 Å². The summed E-state index contributed by atoms with van der Waals surface area (Å²) in [5.41, 5.74) is 0.326. The van der Waals surface area contributed by atoms with E-state index in [-0.39, 0.29) is 5.91 Å². The van der Waals surface area contributed by atoms with Gasteiger partial charge >= 0.3 is 0 Å². The van der Waals surface area contributed by atoms with Crippen molar-refractivity contribution >= 4 is 5.91 Å². The third-order valence-corrected chi connectivity index (χ3v) is 3.74. The highest BCUT2D eigenvalue weighted by Gasteiger charge is 2.36. The highest BCUT2D eigenvalue weighted by Crippen LogP contribution is 2.47. The molecule has 20 heavy (non-hydrogen) atoms. The van der Waals surface area contributed by atoms with Gasteiger partial charge in [0.15, 0.2) is 5.69 Å². The molecule has 0 spiro atoms. The lowest BCUT2D eigenvalue weighted by molar-refractivity contribution is 0.0764. The van der Waals surface area contributed by atoms with E-state index in [0.29, 0.717) is 29.8 Å². The zero-order valence-electron chi connectivity index (χ0n) is 11.9. The van der Waals surface area contributed by atoms with E-state index in [1.165, 1.54) is 6.42 Å². The van der Waals surface area contributed by atoms with Gasteiger partial charge in [0.25, 0.3) is 5.91 Å². The SMILES string of the molecule is Cc1cc(C(=O)N(C)Cc2ccc([C@H]3C[C@H]3C)o2)no1. The number of carbonyl (C=O) groups is 1. The van der Waals surface area contributed by atoms with Crippen LogP contribution in [-0.4, -0.2) is 23.0 Å². The highest BCUT2D eigenvalue weighted by molar-refractivity contribution is 5.91. The Morgan fingerprint density at radius 1 is 1.50 bits per heavy atom. The van der Waals surface area contributed by atoms with E-state index in [1.54, 1.807) is 24.9 Å². The van der Waals surface area contributed by atoms with Crippen LogP contribution in [0.2, 0.25) is 0 Å². The van der Waals surface area contributed by atoms with Crippen molar-refractivity contribution in [3.05, 3.63) is 41.2 Å². The number of aromatic nitrogens is 1. The van der Waals surface area contributed by atoms with Gasteiger partial charge in [0.2, 0.25) is 0 Å². The molecule has 0 bridgehead atoms. The molecule has 0 N–H and O–H groups in total. The zero-order valence-corrected chi connectivity index (χ0v) is 11.9. The van der Waals surface area contributed by atoms with Crippen LogP contribution < -0.4 is 0 Å². The van der Waals surface area contributed by atoms with Crippen LogP contribution in [-0.2, 0) is 6.54 Å². The topological polar surface area (TPSA) is 59.5 Å². The van der Waals surface area contributed by atoms with Gasteiger partial charge < -0.3 is 13.8 Å². The molecule has 1 fully saturated rings. The predicted molar refractivity (Wildman–Crippen MR) is 72.3 cm³/mol. The van der Waals surface area contributed by atoms with Gasteiger partial charge in [-0.1, -0.05) is 12.1 Å². The molecule has 0 aromatic carbocycles. The molecule has 1 saturated carbocycles. The first kappa shape index (κ1) is 13.0. The van der Waals surface area contributed by atoms with E-state index in [1.807, 2.05) is 12.1 Å². The fourth-order valence-corrected chi connectivity index (χ4v) is 2.37. The van der Waals surface area contributed by atoms with Crippen LogP contribution in [0.3, 0.4) is 0 Å². The minimum absolute atomic E-state index is 0.167. The van der Waals surface area contributed by atoms with E-state index in [0.717, 1.165) is 11.5 Å². The number of hydrogen-bond acceptors (Lipinski definition) is 4. The summed E-state index contributed by atoms with van der Waals surface area (Å²) in [7, 11) is 1.73. The summed E-state index contributed by atoms with van der Waals surface area (Å²) in [5.74, 6) is 3.57. The molecular formula is C15H18N2O3. The van der Waals surface area contributed by atoms with Crippen LogP contribution >= 0.6 is 0 Å². The van der Waals surface area contributed by atoms with Gasteiger partial charge in [-0.15, -0.1) is 0 Å².